The van der Waals surface area contributed by atoms with Crippen molar-refractivity contribution in [3.05, 3.63) is 65.2 Å². The van der Waals surface area contributed by atoms with Gasteiger partial charge in [0.05, 0.1) is 0 Å². The molecule has 6 rings (SSSR count). The van der Waals surface area contributed by atoms with Gasteiger partial charge in [0.1, 0.15) is 0 Å². The Morgan fingerprint density at radius 2 is 1.79 bits per heavy atom. The summed E-state index contributed by atoms with van der Waals surface area (Å²) in [7, 11) is 1.69. The number of fused-ring (bicyclic) bond motifs is 1. The van der Waals surface area contributed by atoms with Crippen LogP contribution in [-0.4, -0.2) is 43.2 Å². The number of amides is 1. The number of hydrogen-bond acceptors (Lipinski definition) is 3. The SMILES string of the molecule is Cn1nc(-c2ccc(-c3ccc4cc[nH]c4c3)cc2)n(CC2CCN(C(=O)C3CC3)C2)c1=O. The quantitative estimate of drug-likeness (QED) is 0.514. The number of aryl methyl sites for hydroxylation is 1. The summed E-state index contributed by atoms with van der Waals surface area (Å²) >= 11 is 0. The van der Waals surface area contributed by atoms with Gasteiger partial charge in [-0.25, -0.2) is 9.48 Å². The maximum Gasteiger partial charge on any atom is 0.345 e. The number of carbonyl (C=O) groups excluding carboxylic acids is 1. The van der Waals surface area contributed by atoms with Crippen LogP contribution in [0.15, 0.2) is 59.5 Å². The number of hydrogen-bond donors (Lipinski definition) is 1. The first-order chi connectivity index (χ1) is 16.1. The lowest BCUT2D eigenvalue weighted by Gasteiger charge is -2.16. The minimum atomic E-state index is -0.113. The summed E-state index contributed by atoms with van der Waals surface area (Å²) in [5.74, 6) is 1.50. The predicted molar refractivity (Wildman–Crippen MR) is 128 cm³/mol. The summed E-state index contributed by atoms with van der Waals surface area (Å²) in [5, 5.41) is 5.72. The smallest absolute Gasteiger partial charge is 0.345 e. The Labute approximate surface area is 191 Å². The molecule has 33 heavy (non-hydrogen) atoms. The molecule has 2 aromatic carbocycles. The van der Waals surface area contributed by atoms with Crippen molar-refractivity contribution in [2.45, 2.75) is 25.8 Å². The van der Waals surface area contributed by atoms with Crippen LogP contribution in [0, 0.1) is 11.8 Å². The van der Waals surface area contributed by atoms with E-state index >= 15 is 0 Å². The second-order valence-corrected chi connectivity index (χ2v) is 9.41. The third-order valence-corrected chi connectivity index (χ3v) is 7.00. The van der Waals surface area contributed by atoms with Gasteiger partial charge in [-0.2, -0.15) is 0 Å². The second-order valence-electron chi connectivity index (χ2n) is 9.41. The predicted octanol–water partition coefficient (Wildman–Crippen LogP) is 3.66. The zero-order chi connectivity index (χ0) is 22.5. The number of nitrogens with one attached hydrogen (secondary N) is 1. The Hall–Kier alpha value is -3.61. The van der Waals surface area contributed by atoms with E-state index in [0.717, 1.165) is 54.6 Å². The van der Waals surface area contributed by atoms with Crippen molar-refractivity contribution < 1.29 is 4.79 Å². The normalized spacial score (nSPS) is 18.3. The Morgan fingerprint density at radius 3 is 2.58 bits per heavy atom. The molecule has 4 aromatic rings. The average Bonchev–Trinajstić information content (AvgIpc) is 3.28. The zero-order valence-corrected chi connectivity index (χ0v) is 18.7. The molecule has 1 amide bonds. The largest absolute Gasteiger partial charge is 0.361 e. The molecule has 0 radical (unpaired) electrons. The first-order valence-corrected chi connectivity index (χ1v) is 11.7. The highest BCUT2D eigenvalue weighted by molar-refractivity contribution is 5.85. The molecule has 3 heterocycles. The van der Waals surface area contributed by atoms with Crippen molar-refractivity contribution in [2.75, 3.05) is 13.1 Å². The van der Waals surface area contributed by atoms with E-state index in [9.17, 15) is 9.59 Å². The Bertz CT molecular complexity index is 1390. The zero-order valence-electron chi connectivity index (χ0n) is 18.7. The number of aromatic nitrogens is 4. The molecule has 1 saturated heterocycles. The summed E-state index contributed by atoms with van der Waals surface area (Å²) in [4.78, 5) is 30.5. The third kappa shape index (κ3) is 3.67. The van der Waals surface area contributed by atoms with E-state index in [1.807, 2.05) is 23.2 Å². The molecule has 2 aliphatic rings. The lowest BCUT2D eigenvalue weighted by Crippen LogP contribution is -2.31. The highest BCUT2D eigenvalue weighted by Gasteiger charge is 2.36. The fourth-order valence-electron chi connectivity index (χ4n) is 4.95. The van der Waals surface area contributed by atoms with Gasteiger partial charge in [-0.1, -0.05) is 36.4 Å². The standard InChI is InChI=1S/C26H27N5O2/c1-29-26(33)31(16-17-11-13-30(15-17)25(32)21-7-8-21)24(28-29)20-5-2-18(3-6-20)22-9-4-19-10-12-27-23(19)14-22/h2-6,9-10,12,14,17,21,27H,7-8,11,13,15-16H2,1H3. The molecule has 7 nitrogen and oxygen atoms in total. The van der Waals surface area contributed by atoms with Crippen molar-refractivity contribution in [1.82, 2.24) is 24.2 Å². The number of rotatable bonds is 5. The summed E-state index contributed by atoms with van der Waals surface area (Å²) < 4.78 is 3.18. The topological polar surface area (TPSA) is 75.9 Å². The van der Waals surface area contributed by atoms with Crippen molar-refractivity contribution in [3.63, 3.8) is 0 Å². The van der Waals surface area contributed by atoms with E-state index in [-0.39, 0.29) is 17.5 Å². The molecule has 0 bridgehead atoms. The number of nitrogens with zero attached hydrogens (tertiary/aromatic N) is 4. The molecule has 1 N–H and O–H groups in total. The van der Waals surface area contributed by atoms with Crippen LogP contribution in [0.4, 0.5) is 0 Å². The summed E-state index contributed by atoms with van der Waals surface area (Å²) in [6.45, 7) is 2.11. The number of benzene rings is 2. The van der Waals surface area contributed by atoms with Crippen LogP contribution in [0.25, 0.3) is 33.4 Å². The molecular weight excluding hydrogens is 414 g/mol. The summed E-state index contributed by atoms with van der Waals surface area (Å²) in [6, 6.07) is 16.7. The Morgan fingerprint density at radius 1 is 1.03 bits per heavy atom. The fourth-order valence-corrected chi connectivity index (χ4v) is 4.95. The molecular formula is C26H27N5O2. The first-order valence-electron chi connectivity index (χ1n) is 11.7. The van der Waals surface area contributed by atoms with Crippen LogP contribution in [0.2, 0.25) is 0 Å². The monoisotopic (exact) mass is 441 g/mol. The van der Waals surface area contributed by atoms with Gasteiger partial charge in [0.2, 0.25) is 5.91 Å². The van der Waals surface area contributed by atoms with Crippen LogP contribution in [-0.2, 0) is 18.4 Å². The first kappa shape index (κ1) is 20.0. The van der Waals surface area contributed by atoms with Crippen LogP contribution < -0.4 is 5.69 Å². The molecule has 7 heteroatoms. The fraction of sp³-hybridized carbons (Fsp3) is 0.346. The van der Waals surface area contributed by atoms with Crippen molar-refractivity contribution in [2.24, 2.45) is 18.9 Å². The molecule has 168 valence electrons. The van der Waals surface area contributed by atoms with Crippen molar-refractivity contribution in [1.29, 1.82) is 0 Å². The molecule has 1 unspecified atom stereocenters. The molecule has 0 spiro atoms. The lowest BCUT2D eigenvalue weighted by molar-refractivity contribution is -0.131. The van der Waals surface area contributed by atoms with Gasteiger partial charge in [0, 0.05) is 49.9 Å². The van der Waals surface area contributed by atoms with Crippen LogP contribution in [0.3, 0.4) is 0 Å². The van der Waals surface area contributed by atoms with Gasteiger partial charge in [0.15, 0.2) is 5.82 Å². The highest BCUT2D eigenvalue weighted by Crippen LogP contribution is 2.33. The minimum Gasteiger partial charge on any atom is -0.361 e. The van der Waals surface area contributed by atoms with E-state index in [1.165, 1.54) is 10.1 Å². The molecule has 1 atom stereocenters. The van der Waals surface area contributed by atoms with Gasteiger partial charge in [-0.05, 0) is 53.8 Å². The van der Waals surface area contributed by atoms with E-state index < -0.39 is 0 Å². The van der Waals surface area contributed by atoms with Gasteiger partial charge in [-0.15, -0.1) is 5.10 Å². The Kier molecular flexibility index (Phi) is 4.71. The van der Waals surface area contributed by atoms with E-state index in [2.05, 4.69) is 46.5 Å². The van der Waals surface area contributed by atoms with Gasteiger partial charge >= 0.3 is 5.69 Å². The average molecular weight is 442 g/mol. The van der Waals surface area contributed by atoms with Crippen molar-refractivity contribution >= 4 is 16.8 Å². The van der Waals surface area contributed by atoms with Gasteiger partial charge in [-0.3, -0.25) is 9.36 Å². The highest BCUT2D eigenvalue weighted by atomic mass is 16.2. The summed E-state index contributed by atoms with van der Waals surface area (Å²) in [5.41, 5.74) is 4.17. The molecule has 2 aromatic heterocycles. The molecule has 1 saturated carbocycles. The van der Waals surface area contributed by atoms with E-state index in [4.69, 9.17) is 0 Å². The van der Waals surface area contributed by atoms with Crippen LogP contribution in [0.5, 0.6) is 0 Å². The van der Waals surface area contributed by atoms with Gasteiger partial charge < -0.3 is 9.88 Å². The van der Waals surface area contributed by atoms with Gasteiger partial charge in [0.25, 0.3) is 0 Å². The lowest BCUT2D eigenvalue weighted by atomic mass is 10.0. The van der Waals surface area contributed by atoms with E-state index in [0.29, 0.717) is 18.3 Å². The number of carbonyl (C=O) groups is 1. The number of likely N-dealkylation sites (tertiary alicyclic amines) is 1. The maximum absolute atomic E-state index is 12.9. The third-order valence-electron chi connectivity index (χ3n) is 7.00. The van der Waals surface area contributed by atoms with Crippen molar-refractivity contribution in [3.8, 4) is 22.5 Å². The molecule has 1 aliphatic carbocycles. The van der Waals surface area contributed by atoms with E-state index in [1.54, 1.807) is 11.6 Å². The minimum absolute atomic E-state index is 0.113. The molecule has 1 aliphatic heterocycles. The Balaban J connectivity index is 1.25. The number of aromatic amines is 1. The number of H-pyrrole nitrogens is 1. The van der Waals surface area contributed by atoms with Crippen LogP contribution in [0.1, 0.15) is 19.3 Å². The van der Waals surface area contributed by atoms with Crippen LogP contribution >= 0.6 is 0 Å². The summed E-state index contributed by atoms with van der Waals surface area (Å²) in [6.07, 6.45) is 4.94. The molecule has 2 fully saturated rings. The second kappa shape index (κ2) is 7.76. The maximum atomic E-state index is 12.9.